The molecule has 1 aliphatic carbocycles. The van der Waals surface area contributed by atoms with E-state index in [2.05, 4.69) is 85.6 Å². The highest BCUT2D eigenvalue weighted by Gasteiger charge is 2.27. The summed E-state index contributed by atoms with van der Waals surface area (Å²) in [7, 11) is 3.76. The number of nitrogens with zero attached hydrogens (tertiary/aromatic N) is 1. The second-order valence-electron chi connectivity index (χ2n) is 12.0. The Kier molecular flexibility index (Phi) is 11.5. The molecule has 236 valence electrons. The maximum atomic E-state index is 12.1. The minimum absolute atomic E-state index is 0.167. The van der Waals surface area contributed by atoms with Crippen molar-refractivity contribution in [1.29, 1.82) is 0 Å². The molecule has 2 unspecified atom stereocenters. The third kappa shape index (κ3) is 8.42. The molecule has 4 aromatic rings. The number of likely N-dealkylation sites (N-methyl/N-ethyl adjacent to an activating group) is 1. The van der Waals surface area contributed by atoms with Crippen LogP contribution in [0.15, 0.2) is 91.0 Å². The first kappa shape index (κ1) is 32.5. The Morgan fingerprint density at radius 2 is 1.51 bits per heavy atom. The van der Waals surface area contributed by atoms with Crippen molar-refractivity contribution in [3.63, 3.8) is 0 Å². The molecule has 0 spiro atoms. The normalized spacial score (nSPS) is 14.7. The van der Waals surface area contributed by atoms with Crippen LogP contribution in [0, 0.1) is 0 Å². The summed E-state index contributed by atoms with van der Waals surface area (Å²) < 4.78 is 16.7. The lowest BCUT2D eigenvalue weighted by atomic mass is 9.90. The number of carbonyl (C=O) groups excluding carboxylic acids is 1. The monoisotopic (exact) mass is 605 g/mol. The van der Waals surface area contributed by atoms with E-state index in [-0.39, 0.29) is 12.0 Å². The van der Waals surface area contributed by atoms with Crippen LogP contribution in [-0.4, -0.2) is 50.9 Å². The van der Waals surface area contributed by atoms with Gasteiger partial charge in [0.2, 0.25) is 0 Å². The minimum Gasteiger partial charge on any atom is -0.492 e. The molecule has 0 fully saturated rings. The highest BCUT2D eigenvalue weighted by atomic mass is 16.6. The van der Waals surface area contributed by atoms with Gasteiger partial charge in [0.25, 0.3) is 0 Å². The Balaban J connectivity index is 1.30. The molecule has 0 radical (unpaired) electrons. The Morgan fingerprint density at radius 1 is 0.800 bits per heavy atom. The van der Waals surface area contributed by atoms with Crippen molar-refractivity contribution in [3.8, 4) is 5.75 Å². The highest BCUT2D eigenvalue weighted by molar-refractivity contribution is 5.75. The van der Waals surface area contributed by atoms with E-state index in [1.807, 2.05) is 24.3 Å². The number of aryl methyl sites for hydroxylation is 5. The van der Waals surface area contributed by atoms with Crippen molar-refractivity contribution in [1.82, 2.24) is 4.90 Å². The molecule has 5 rings (SSSR count). The van der Waals surface area contributed by atoms with Gasteiger partial charge < -0.3 is 14.2 Å². The van der Waals surface area contributed by atoms with E-state index in [1.165, 1.54) is 46.1 Å². The van der Waals surface area contributed by atoms with E-state index in [4.69, 9.17) is 14.2 Å². The van der Waals surface area contributed by atoms with E-state index >= 15 is 0 Å². The molecule has 5 nitrogen and oxygen atoms in total. The number of esters is 1. The van der Waals surface area contributed by atoms with E-state index < -0.39 is 6.10 Å². The minimum atomic E-state index is -0.608. The third-order valence-electron chi connectivity index (χ3n) is 8.96. The number of carbonyl (C=O) groups is 1. The molecule has 0 bridgehead atoms. The Bertz CT molecular complexity index is 1530. The first-order chi connectivity index (χ1) is 22.0. The summed E-state index contributed by atoms with van der Waals surface area (Å²) in [5.41, 5.74) is 10.9. The number of benzene rings is 4. The first-order valence-corrected chi connectivity index (χ1v) is 16.4. The zero-order valence-electron chi connectivity index (χ0n) is 27.3. The molecule has 0 aliphatic heterocycles. The molecule has 45 heavy (non-hydrogen) atoms. The van der Waals surface area contributed by atoms with Gasteiger partial charge in [0, 0.05) is 20.1 Å². The van der Waals surface area contributed by atoms with Crippen molar-refractivity contribution in [2.75, 3.05) is 33.9 Å². The van der Waals surface area contributed by atoms with Gasteiger partial charge in [0.05, 0.1) is 12.6 Å². The molecule has 0 aromatic heterocycles. The largest absolute Gasteiger partial charge is 0.492 e. The van der Waals surface area contributed by atoms with Gasteiger partial charge in [-0.2, -0.15) is 0 Å². The van der Waals surface area contributed by atoms with Crippen molar-refractivity contribution in [3.05, 3.63) is 136 Å². The highest BCUT2D eigenvalue weighted by Crippen LogP contribution is 2.37. The fourth-order valence-electron chi connectivity index (χ4n) is 6.36. The lowest BCUT2D eigenvalue weighted by Gasteiger charge is -2.31. The maximum absolute atomic E-state index is 12.1. The molecule has 2 atom stereocenters. The van der Waals surface area contributed by atoms with Crippen LogP contribution in [-0.2, 0) is 52.8 Å². The quantitative estimate of drug-likeness (QED) is 0.141. The van der Waals surface area contributed by atoms with Gasteiger partial charge in [0.15, 0.2) is 6.10 Å². The van der Waals surface area contributed by atoms with Crippen LogP contribution in [0.5, 0.6) is 5.75 Å². The lowest BCUT2D eigenvalue weighted by molar-refractivity contribution is -0.154. The average molecular weight is 606 g/mol. The third-order valence-corrected chi connectivity index (χ3v) is 8.96. The summed E-state index contributed by atoms with van der Waals surface area (Å²) in [6.45, 7) is 5.72. The van der Waals surface area contributed by atoms with Gasteiger partial charge in [-0.1, -0.05) is 85.8 Å². The van der Waals surface area contributed by atoms with Crippen LogP contribution in [0.4, 0.5) is 0 Å². The van der Waals surface area contributed by atoms with E-state index in [1.54, 1.807) is 6.92 Å². The number of rotatable bonds is 14. The summed E-state index contributed by atoms with van der Waals surface area (Å²) in [6.07, 6.45) is 5.09. The fraction of sp³-hybridized carbons (Fsp3) is 0.375. The van der Waals surface area contributed by atoms with Gasteiger partial charge >= 0.3 is 5.97 Å². The predicted molar refractivity (Wildman–Crippen MR) is 181 cm³/mol. The van der Waals surface area contributed by atoms with Gasteiger partial charge in [-0.05, 0) is 103 Å². The van der Waals surface area contributed by atoms with Crippen LogP contribution >= 0.6 is 0 Å². The first-order valence-electron chi connectivity index (χ1n) is 16.4. The van der Waals surface area contributed by atoms with Gasteiger partial charge in [-0.3, -0.25) is 4.90 Å². The Morgan fingerprint density at radius 3 is 2.24 bits per heavy atom. The number of ether oxygens (including phenoxy) is 3. The second-order valence-corrected chi connectivity index (χ2v) is 12.0. The lowest BCUT2D eigenvalue weighted by Crippen LogP contribution is -2.30. The average Bonchev–Trinajstić information content (AvgIpc) is 3.23. The summed E-state index contributed by atoms with van der Waals surface area (Å²) >= 11 is 0. The number of methoxy groups -OCH3 is 1. The molecular formula is C40H47NO4. The number of fused-ring (bicyclic) bond motifs is 2. The molecule has 0 saturated carbocycles. The molecule has 4 aromatic carbocycles. The van der Waals surface area contributed by atoms with E-state index in [0.29, 0.717) is 19.6 Å². The van der Waals surface area contributed by atoms with Crippen LogP contribution < -0.4 is 4.74 Å². The molecule has 5 heteroatoms. The van der Waals surface area contributed by atoms with E-state index in [0.717, 1.165) is 50.0 Å². The number of hydrogen-bond donors (Lipinski definition) is 0. The van der Waals surface area contributed by atoms with Crippen molar-refractivity contribution in [2.45, 2.75) is 64.5 Å². The van der Waals surface area contributed by atoms with Crippen LogP contribution in [0.1, 0.15) is 64.4 Å². The summed E-state index contributed by atoms with van der Waals surface area (Å²) in [6, 6.07) is 33.1. The standard InChI is InChI=1S/C40H47NO4/c1-5-29-17-23-36-34(26-29)20-19-33-18-14-31(13-12-30-10-8-7-9-11-30)27-37(33)39(36)41(3)24-25-45-35-21-15-32(16-22-35)28-38(43-4)40(42)44-6-2/h7-11,14-18,21-23,26-27,38-39H,5-6,12-13,19-20,24-25,28H2,1-4H3. The summed E-state index contributed by atoms with van der Waals surface area (Å²) in [5.74, 6) is 0.481. The van der Waals surface area contributed by atoms with Crippen molar-refractivity contribution in [2.24, 2.45) is 0 Å². The van der Waals surface area contributed by atoms with Crippen LogP contribution in [0.2, 0.25) is 0 Å². The van der Waals surface area contributed by atoms with Crippen LogP contribution in [0.25, 0.3) is 0 Å². The van der Waals surface area contributed by atoms with Gasteiger partial charge in [-0.15, -0.1) is 0 Å². The SMILES string of the molecule is CCOC(=O)C(Cc1ccc(OCCN(C)C2c3ccc(CC)cc3CCc3ccc(CCc4ccccc4)cc32)cc1)OC. The molecule has 0 heterocycles. The Labute approximate surface area is 269 Å². The second kappa shape index (κ2) is 15.9. The van der Waals surface area contributed by atoms with Crippen molar-refractivity contribution < 1.29 is 19.0 Å². The zero-order valence-corrected chi connectivity index (χ0v) is 27.3. The van der Waals surface area contributed by atoms with Crippen molar-refractivity contribution >= 4 is 5.97 Å². The van der Waals surface area contributed by atoms with Crippen LogP contribution in [0.3, 0.4) is 0 Å². The van der Waals surface area contributed by atoms with E-state index in [9.17, 15) is 4.79 Å². The maximum Gasteiger partial charge on any atom is 0.335 e. The molecule has 0 amide bonds. The Hall–Kier alpha value is -3.93. The smallest absolute Gasteiger partial charge is 0.335 e. The summed E-state index contributed by atoms with van der Waals surface area (Å²) in [5, 5.41) is 0. The topological polar surface area (TPSA) is 48.0 Å². The molecule has 0 saturated heterocycles. The number of hydrogen-bond acceptors (Lipinski definition) is 5. The fourth-order valence-corrected chi connectivity index (χ4v) is 6.36. The molecular weight excluding hydrogens is 558 g/mol. The summed E-state index contributed by atoms with van der Waals surface area (Å²) in [4.78, 5) is 14.6. The van der Waals surface area contributed by atoms with Gasteiger partial charge in [-0.25, -0.2) is 4.79 Å². The molecule has 1 aliphatic rings. The molecule has 0 N–H and O–H groups in total. The zero-order chi connectivity index (χ0) is 31.6. The van der Waals surface area contributed by atoms with Gasteiger partial charge in [0.1, 0.15) is 12.4 Å². The predicted octanol–water partition coefficient (Wildman–Crippen LogP) is 7.35.